The van der Waals surface area contributed by atoms with Crippen LogP contribution in [0.4, 0.5) is 13.2 Å². The van der Waals surface area contributed by atoms with Crippen LogP contribution in [0.15, 0.2) is 4.99 Å². The van der Waals surface area contributed by atoms with Gasteiger partial charge in [0, 0.05) is 32.8 Å². The van der Waals surface area contributed by atoms with Crippen LogP contribution in [0.25, 0.3) is 0 Å². The summed E-state index contributed by atoms with van der Waals surface area (Å²) in [7, 11) is 0. The Balaban J connectivity index is 2.33. The molecule has 0 aliphatic carbocycles. The maximum absolute atomic E-state index is 12.4. The molecule has 1 saturated heterocycles. The van der Waals surface area contributed by atoms with Crippen molar-refractivity contribution >= 4 is 5.96 Å². The number of nitrogens with one attached hydrogen (secondary N) is 2. The second-order valence-electron chi connectivity index (χ2n) is 5.35. The molecule has 0 aromatic carbocycles. The van der Waals surface area contributed by atoms with Crippen LogP contribution in [0.3, 0.4) is 0 Å². The number of aliphatic imine (C=N–C) groups is 1. The minimum absolute atomic E-state index is 0.185. The summed E-state index contributed by atoms with van der Waals surface area (Å²) < 4.78 is 42.3. The van der Waals surface area contributed by atoms with Crippen molar-refractivity contribution in [3.8, 4) is 0 Å². The Morgan fingerprint density at radius 1 is 1.32 bits per heavy atom. The predicted octanol–water partition coefficient (Wildman–Crippen LogP) is 1.46. The van der Waals surface area contributed by atoms with Gasteiger partial charge in [0.05, 0.1) is 13.2 Å². The first kappa shape index (κ1) is 19.0. The van der Waals surface area contributed by atoms with E-state index in [1.165, 1.54) is 4.90 Å². The fourth-order valence-electron chi connectivity index (χ4n) is 2.41. The summed E-state index contributed by atoms with van der Waals surface area (Å²) >= 11 is 0. The molecule has 0 aromatic rings. The number of nitrogens with zero attached hydrogens (tertiary/aromatic N) is 2. The van der Waals surface area contributed by atoms with Gasteiger partial charge in [-0.2, -0.15) is 13.2 Å². The van der Waals surface area contributed by atoms with Crippen molar-refractivity contribution in [3.63, 3.8) is 0 Å². The maximum atomic E-state index is 12.4. The average Bonchev–Trinajstić information content (AvgIpc) is 2.86. The van der Waals surface area contributed by atoms with Crippen molar-refractivity contribution < 1.29 is 17.9 Å². The van der Waals surface area contributed by atoms with Gasteiger partial charge in [-0.05, 0) is 32.7 Å². The van der Waals surface area contributed by atoms with Crippen molar-refractivity contribution in [2.75, 3.05) is 52.5 Å². The first-order valence-electron chi connectivity index (χ1n) is 7.83. The number of hydrogen-bond acceptors (Lipinski definition) is 3. The lowest BCUT2D eigenvalue weighted by Gasteiger charge is -2.17. The fourth-order valence-corrected chi connectivity index (χ4v) is 2.41. The third-order valence-electron chi connectivity index (χ3n) is 3.37. The molecule has 130 valence electrons. The highest BCUT2D eigenvalue weighted by atomic mass is 19.4. The minimum Gasteiger partial charge on any atom is -0.380 e. The van der Waals surface area contributed by atoms with Crippen LogP contribution in [-0.4, -0.2) is 69.5 Å². The largest absolute Gasteiger partial charge is 0.401 e. The normalized spacial score (nSPS) is 20.4. The summed E-state index contributed by atoms with van der Waals surface area (Å²) in [5, 5.41) is 6.27. The molecule has 0 spiro atoms. The first-order chi connectivity index (χ1) is 10.4. The van der Waals surface area contributed by atoms with Crippen molar-refractivity contribution in [2.45, 2.75) is 26.4 Å². The molecule has 1 aliphatic heterocycles. The second-order valence-corrected chi connectivity index (χ2v) is 5.35. The Morgan fingerprint density at radius 2 is 2.09 bits per heavy atom. The Bertz CT molecular complexity index is 337. The molecule has 5 nitrogen and oxygen atoms in total. The van der Waals surface area contributed by atoms with Crippen LogP contribution in [0.5, 0.6) is 0 Å². The Kier molecular flexibility index (Phi) is 8.55. The smallest absolute Gasteiger partial charge is 0.380 e. The summed E-state index contributed by atoms with van der Waals surface area (Å²) in [6, 6.07) is 0. The van der Waals surface area contributed by atoms with E-state index in [0.717, 1.165) is 13.0 Å². The minimum atomic E-state index is -4.12. The van der Waals surface area contributed by atoms with E-state index in [9.17, 15) is 13.2 Å². The number of halogens is 3. The summed E-state index contributed by atoms with van der Waals surface area (Å²) in [6.45, 7) is 7.26. The van der Waals surface area contributed by atoms with E-state index in [1.54, 1.807) is 0 Å². The molecule has 1 heterocycles. The number of ether oxygens (including phenoxy) is 1. The Labute approximate surface area is 130 Å². The number of guanidine groups is 1. The van der Waals surface area contributed by atoms with Crippen LogP contribution < -0.4 is 10.6 Å². The lowest BCUT2D eigenvalue weighted by Crippen LogP contribution is -2.39. The topological polar surface area (TPSA) is 48.9 Å². The molecule has 1 aliphatic rings. The maximum Gasteiger partial charge on any atom is 0.401 e. The van der Waals surface area contributed by atoms with Crippen molar-refractivity contribution in [3.05, 3.63) is 0 Å². The molecule has 0 aromatic heterocycles. The van der Waals surface area contributed by atoms with Crippen LogP contribution in [0.1, 0.15) is 20.3 Å². The number of alkyl halides is 3. The Hall–Kier alpha value is -1.02. The molecule has 2 N–H and O–H groups in total. The molecule has 1 rings (SSSR count). The van der Waals surface area contributed by atoms with Gasteiger partial charge in [-0.3, -0.25) is 9.89 Å². The van der Waals surface area contributed by atoms with Crippen LogP contribution in [0.2, 0.25) is 0 Å². The van der Waals surface area contributed by atoms with Gasteiger partial charge in [0.2, 0.25) is 0 Å². The van der Waals surface area contributed by atoms with Gasteiger partial charge in [-0.25, -0.2) is 0 Å². The summed E-state index contributed by atoms with van der Waals surface area (Å²) in [5.41, 5.74) is 0. The highest BCUT2D eigenvalue weighted by Gasteiger charge is 2.34. The molecule has 0 saturated carbocycles. The monoisotopic (exact) mass is 324 g/mol. The molecular weight excluding hydrogens is 297 g/mol. The van der Waals surface area contributed by atoms with Gasteiger partial charge in [0.15, 0.2) is 5.96 Å². The van der Waals surface area contributed by atoms with E-state index in [0.29, 0.717) is 45.4 Å². The zero-order chi connectivity index (χ0) is 16.4. The molecular formula is C14H27F3N4O. The average molecular weight is 324 g/mol. The van der Waals surface area contributed by atoms with E-state index in [1.807, 2.05) is 13.8 Å². The molecule has 8 heteroatoms. The number of hydrogen-bond donors (Lipinski definition) is 2. The molecule has 1 atom stereocenters. The lowest BCUT2D eigenvalue weighted by molar-refractivity contribution is -0.143. The van der Waals surface area contributed by atoms with Crippen LogP contribution in [0, 0.1) is 5.92 Å². The molecule has 1 fully saturated rings. The van der Waals surface area contributed by atoms with Gasteiger partial charge < -0.3 is 15.4 Å². The lowest BCUT2D eigenvalue weighted by atomic mass is 10.1. The Morgan fingerprint density at radius 3 is 2.73 bits per heavy atom. The van der Waals surface area contributed by atoms with E-state index in [4.69, 9.17) is 4.74 Å². The molecule has 0 amide bonds. The highest BCUT2D eigenvalue weighted by molar-refractivity contribution is 5.79. The van der Waals surface area contributed by atoms with Crippen molar-refractivity contribution in [1.82, 2.24) is 15.5 Å². The highest BCUT2D eigenvalue weighted by Crippen LogP contribution is 2.22. The zero-order valence-corrected chi connectivity index (χ0v) is 13.4. The van der Waals surface area contributed by atoms with E-state index < -0.39 is 12.7 Å². The second kappa shape index (κ2) is 9.89. The molecule has 22 heavy (non-hydrogen) atoms. The van der Waals surface area contributed by atoms with E-state index >= 15 is 0 Å². The standard InChI is InChI=1S/C14H27F3N4O/c1-3-18-13(19-6-8-22-4-2)20-9-12-5-7-21(10-12)11-14(15,16)17/h12H,3-11H2,1-2H3,(H2,18,19,20). The number of likely N-dealkylation sites (tertiary alicyclic amines) is 1. The zero-order valence-electron chi connectivity index (χ0n) is 13.4. The summed E-state index contributed by atoms with van der Waals surface area (Å²) in [5.74, 6) is 0.876. The van der Waals surface area contributed by atoms with E-state index in [2.05, 4.69) is 15.6 Å². The van der Waals surface area contributed by atoms with Gasteiger partial charge >= 0.3 is 6.18 Å². The van der Waals surface area contributed by atoms with Gasteiger partial charge in [0.25, 0.3) is 0 Å². The quantitative estimate of drug-likeness (QED) is 0.403. The van der Waals surface area contributed by atoms with Crippen molar-refractivity contribution in [2.24, 2.45) is 10.9 Å². The van der Waals surface area contributed by atoms with Gasteiger partial charge in [-0.1, -0.05) is 0 Å². The predicted molar refractivity (Wildman–Crippen MR) is 81.1 cm³/mol. The summed E-state index contributed by atoms with van der Waals surface area (Å²) in [6.07, 6.45) is -3.36. The third kappa shape index (κ3) is 8.43. The van der Waals surface area contributed by atoms with Gasteiger partial charge in [-0.15, -0.1) is 0 Å². The number of rotatable bonds is 8. The molecule has 1 unspecified atom stereocenters. The van der Waals surface area contributed by atoms with E-state index in [-0.39, 0.29) is 5.92 Å². The first-order valence-corrected chi connectivity index (χ1v) is 7.83. The van der Waals surface area contributed by atoms with Crippen LogP contribution >= 0.6 is 0 Å². The van der Waals surface area contributed by atoms with Gasteiger partial charge in [0.1, 0.15) is 0 Å². The van der Waals surface area contributed by atoms with Crippen molar-refractivity contribution in [1.29, 1.82) is 0 Å². The SMILES string of the molecule is CCNC(=NCC1CCN(CC(F)(F)F)C1)NCCOCC. The molecule has 0 bridgehead atoms. The van der Waals surface area contributed by atoms with Crippen LogP contribution in [-0.2, 0) is 4.74 Å². The summed E-state index contributed by atoms with van der Waals surface area (Å²) in [4.78, 5) is 5.91. The fraction of sp³-hybridized carbons (Fsp3) is 0.929. The molecule has 0 radical (unpaired) electrons. The third-order valence-corrected chi connectivity index (χ3v) is 3.37.